The molecular weight excluding hydrogens is 270 g/mol. The van der Waals surface area contributed by atoms with Gasteiger partial charge in [-0.15, -0.1) is 11.3 Å². The molecule has 1 aromatic rings. The lowest BCUT2D eigenvalue weighted by molar-refractivity contribution is 0.0687. The van der Waals surface area contributed by atoms with Gasteiger partial charge < -0.3 is 10.0 Å². The molecule has 1 fully saturated rings. The number of hydrogen-bond acceptors (Lipinski definition) is 3. The largest absolute Gasteiger partial charge is 0.393 e. The van der Waals surface area contributed by atoms with E-state index in [0.717, 1.165) is 24.9 Å². The van der Waals surface area contributed by atoms with Crippen LogP contribution in [0.15, 0.2) is 5.38 Å². The van der Waals surface area contributed by atoms with E-state index in [-0.39, 0.29) is 18.1 Å². The van der Waals surface area contributed by atoms with Gasteiger partial charge in [0.2, 0.25) is 0 Å². The summed E-state index contributed by atoms with van der Waals surface area (Å²) >= 11 is 7.56. The standard InChI is InChI=1S/C13H18ClNO2S/c1-8-7-18-12(11(8)14)13(17)15-5-3-4-10(15)6-9(2)16/h7,9-10,16H,3-6H2,1-2H3. The maximum Gasteiger partial charge on any atom is 0.265 e. The van der Waals surface area contributed by atoms with E-state index in [1.165, 1.54) is 11.3 Å². The second kappa shape index (κ2) is 5.59. The molecular formula is C13H18ClNO2S. The van der Waals surface area contributed by atoms with Gasteiger partial charge in [0.15, 0.2) is 0 Å². The Labute approximate surface area is 116 Å². The summed E-state index contributed by atoms with van der Waals surface area (Å²) in [4.78, 5) is 14.9. The van der Waals surface area contributed by atoms with E-state index < -0.39 is 0 Å². The van der Waals surface area contributed by atoms with Gasteiger partial charge in [-0.25, -0.2) is 0 Å². The molecule has 0 spiro atoms. The zero-order valence-electron chi connectivity index (χ0n) is 10.6. The molecule has 2 unspecified atom stereocenters. The summed E-state index contributed by atoms with van der Waals surface area (Å²) in [6, 6.07) is 0.149. The van der Waals surface area contributed by atoms with Crippen LogP contribution in [-0.2, 0) is 0 Å². The first kappa shape index (κ1) is 13.8. The summed E-state index contributed by atoms with van der Waals surface area (Å²) in [7, 11) is 0. The van der Waals surface area contributed by atoms with E-state index >= 15 is 0 Å². The molecule has 2 heterocycles. The molecule has 1 N–H and O–H groups in total. The zero-order valence-corrected chi connectivity index (χ0v) is 12.2. The minimum absolute atomic E-state index is 0.0150. The number of amides is 1. The molecule has 1 aromatic heterocycles. The van der Waals surface area contributed by atoms with Gasteiger partial charge in [-0.05, 0) is 44.1 Å². The lowest BCUT2D eigenvalue weighted by atomic mass is 10.1. The summed E-state index contributed by atoms with van der Waals surface area (Å²) in [5, 5.41) is 12.0. The van der Waals surface area contributed by atoms with Crippen LogP contribution in [0.3, 0.4) is 0 Å². The Bertz CT molecular complexity index is 444. The number of rotatable bonds is 3. The fourth-order valence-electron chi connectivity index (χ4n) is 2.45. The van der Waals surface area contributed by atoms with Gasteiger partial charge in [-0.1, -0.05) is 11.6 Å². The number of nitrogens with zero attached hydrogens (tertiary/aromatic N) is 1. The number of hydrogen-bond donors (Lipinski definition) is 1. The Morgan fingerprint density at radius 2 is 2.44 bits per heavy atom. The maximum atomic E-state index is 12.4. The van der Waals surface area contributed by atoms with E-state index in [2.05, 4.69) is 0 Å². The third-order valence-electron chi connectivity index (χ3n) is 3.34. The van der Waals surface area contributed by atoms with Gasteiger partial charge >= 0.3 is 0 Å². The molecule has 0 aromatic carbocycles. The van der Waals surface area contributed by atoms with E-state index in [1.807, 2.05) is 17.2 Å². The number of thiophene rings is 1. The summed E-state index contributed by atoms with van der Waals surface area (Å²) in [6.45, 7) is 4.44. The van der Waals surface area contributed by atoms with E-state index in [9.17, 15) is 9.90 Å². The van der Waals surface area contributed by atoms with Crippen molar-refractivity contribution in [2.45, 2.75) is 45.3 Å². The SMILES string of the molecule is Cc1csc(C(=O)N2CCCC2CC(C)O)c1Cl. The van der Waals surface area contributed by atoms with Crippen LogP contribution >= 0.6 is 22.9 Å². The molecule has 0 bridgehead atoms. The fraction of sp³-hybridized carbons (Fsp3) is 0.615. The van der Waals surface area contributed by atoms with Crippen molar-refractivity contribution in [3.63, 3.8) is 0 Å². The van der Waals surface area contributed by atoms with Crippen LogP contribution in [0.2, 0.25) is 5.02 Å². The first-order valence-electron chi connectivity index (χ1n) is 6.23. The molecule has 3 nitrogen and oxygen atoms in total. The monoisotopic (exact) mass is 287 g/mol. The predicted octanol–water partition coefficient (Wildman–Crippen LogP) is 3.09. The van der Waals surface area contributed by atoms with Gasteiger partial charge in [-0.3, -0.25) is 4.79 Å². The van der Waals surface area contributed by atoms with Gasteiger partial charge in [0.1, 0.15) is 4.88 Å². The normalized spacial score (nSPS) is 21.3. The van der Waals surface area contributed by atoms with Crippen LogP contribution in [0, 0.1) is 6.92 Å². The first-order chi connectivity index (χ1) is 8.50. The highest BCUT2D eigenvalue weighted by molar-refractivity contribution is 7.13. The van der Waals surface area contributed by atoms with Crippen LogP contribution in [0.4, 0.5) is 0 Å². The number of aryl methyl sites for hydroxylation is 1. The molecule has 18 heavy (non-hydrogen) atoms. The number of carbonyl (C=O) groups is 1. The van der Waals surface area contributed by atoms with Crippen molar-refractivity contribution in [1.29, 1.82) is 0 Å². The highest BCUT2D eigenvalue weighted by Gasteiger charge is 2.31. The minimum Gasteiger partial charge on any atom is -0.393 e. The smallest absolute Gasteiger partial charge is 0.265 e. The lowest BCUT2D eigenvalue weighted by Gasteiger charge is -2.25. The quantitative estimate of drug-likeness (QED) is 0.928. The topological polar surface area (TPSA) is 40.5 Å². The Hall–Kier alpha value is -0.580. The van der Waals surface area contributed by atoms with E-state index in [0.29, 0.717) is 16.3 Å². The number of likely N-dealkylation sites (tertiary alicyclic amines) is 1. The van der Waals surface area contributed by atoms with Crippen LogP contribution in [0.5, 0.6) is 0 Å². The second-order valence-corrected chi connectivity index (χ2v) is 6.20. The first-order valence-corrected chi connectivity index (χ1v) is 7.49. The van der Waals surface area contributed by atoms with Crippen molar-refractivity contribution in [3.8, 4) is 0 Å². The van der Waals surface area contributed by atoms with Gasteiger partial charge in [0, 0.05) is 12.6 Å². The molecule has 2 rings (SSSR count). The summed E-state index contributed by atoms with van der Waals surface area (Å²) in [5.41, 5.74) is 0.955. The summed E-state index contributed by atoms with van der Waals surface area (Å²) in [5.74, 6) is 0.0150. The van der Waals surface area contributed by atoms with Crippen LogP contribution in [-0.4, -0.2) is 34.6 Å². The second-order valence-electron chi connectivity index (χ2n) is 4.94. The molecule has 1 aliphatic heterocycles. The Balaban J connectivity index is 2.15. The van der Waals surface area contributed by atoms with E-state index in [4.69, 9.17) is 11.6 Å². The molecule has 5 heteroatoms. The maximum absolute atomic E-state index is 12.4. The molecule has 0 radical (unpaired) electrons. The molecule has 0 aliphatic carbocycles. The summed E-state index contributed by atoms with van der Waals surface area (Å²) < 4.78 is 0. The van der Waals surface area contributed by atoms with Crippen LogP contribution in [0.25, 0.3) is 0 Å². The third kappa shape index (κ3) is 2.71. The summed E-state index contributed by atoms with van der Waals surface area (Å²) in [6.07, 6.45) is 2.25. The fourth-order valence-corrected chi connectivity index (χ4v) is 3.68. The van der Waals surface area contributed by atoms with Crippen molar-refractivity contribution in [1.82, 2.24) is 4.90 Å². The molecule has 1 aliphatic rings. The highest BCUT2D eigenvalue weighted by atomic mass is 35.5. The van der Waals surface area contributed by atoms with Crippen LogP contribution in [0.1, 0.15) is 41.4 Å². The Morgan fingerprint density at radius 3 is 3.00 bits per heavy atom. The van der Waals surface area contributed by atoms with Gasteiger partial charge in [0.25, 0.3) is 5.91 Å². The zero-order chi connectivity index (χ0) is 13.3. The third-order valence-corrected chi connectivity index (χ3v) is 5.03. The number of aliphatic hydroxyl groups excluding tert-OH is 1. The number of aliphatic hydroxyl groups is 1. The van der Waals surface area contributed by atoms with Gasteiger partial charge in [-0.2, -0.15) is 0 Å². The molecule has 0 saturated carbocycles. The number of carbonyl (C=O) groups excluding carboxylic acids is 1. The Morgan fingerprint density at radius 1 is 1.72 bits per heavy atom. The molecule has 1 saturated heterocycles. The van der Waals surface area contributed by atoms with Crippen molar-refractivity contribution < 1.29 is 9.90 Å². The average Bonchev–Trinajstić information content (AvgIpc) is 2.87. The van der Waals surface area contributed by atoms with Crippen molar-refractivity contribution in [3.05, 3.63) is 20.8 Å². The average molecular weight is 288 g/mol. The van der Waals surface area contributed by atoms with Crippen molar-refractivity contribution in [2.75, 3.05) is 6.54 Å². The van der Waals surface area contributed by atoms with E-state index in [1.54, 1.807) is 6.92 Å². The number of halogens is 1. The molecule has 2 atom stereocenters. The Kier molecular flexibility index (Phi) is 4.30. The minimum atomic E-state index is -0.371. The predicted molar refractivity (Wildman–Crippen MR) is 74.4 cm³/mol. The van der Waals surface area contributed by atoms with Crippen LogP contribution < -0.4 is 0 Å². The molecule has 100 valence electrons. The molecule has 1 amide bonds. The van der Waals surface area contributed by atoms with Crippen molar-refractivity contribution >= 4 is 28.8 Å². The van der Waals surface area contributed by atoms with Gasteiger partial charge in [0.05, 0.1) is 11.1 Å². The lowest BCUT2D eigenvalue weighted by Crippen LogP contribution is -2.36. The highest BCUT2D eigenvalue weighted by Crippen LogP contribution is 2.31. The van der Waals surface area contributed by atoms with Crippen molar-refractivity contribution in [2.24, 2.45) is 0 Å².